The van der Waals surface area contributed by atoms with Crippen molar-refractivity contribution in [2.45, 2.75) is 18.9 Å². The molecule has 0 unspecified atom stereocenters. The smallest absolute Gasteiger partial charge is 0.280 e. The van der Waals surface area contributed by atoms with Crippen LogP contribution in [0.15, 0.2) is 52.3 Å². The van der Waals surface area contributed by atoms with Gasteiger partial charge in [0.2, 0.25) is 5.89 Å². The minimum atomic E-state index is -0.192. The molecule has 31 heavy (non-hydrogen) atoms. The van der Waals surface area contributed by atoms with Gasteiger partial charge in [0.1, 0.15) is 12.9 Å². The molecule has 3 heterocycles. The van der Waals surface area contributed by atoms with Gasteiger partial charge in [-0.25, -0.2) is 9.97 Å². The van der Waals surface area contributed by atoms with Gasteiger partial charge >= 0.3 is 0 Å². The summed E-state index contributed by atoms with van der Waals surface area (Å²) in [7, 11) is 1.76. The Balaban J connectivity index is 1.19. The van der Waals surface area contributed by atoms with Crippen LogP contribution in [0.4, 0.5) is 0 Å². The van der Waals surface area contributed by atoms with Crippen LogP contribution in [0.1, 0.15) is 35.2 Å². The van der Waals surface area contributed by atoms with Crippen molar-refractivity contribution < 1.29 is 4.52 Å². The molecule has 0 aliphatic heterocycles. The average Bonchev–Trinajstić information content (AvgIpc) is 3.21. The molecule has 152 valence electrons. The summed E-state index contributed by atoms with van der Waals surface area (Å²) >= 11 is 0. The highest BCUT2D eigenvalue weighted by Gasteiger charge is 2.55. The van der Waals surface area contributed by atoms with Crippen LogP contribution in [0.3, 0.4) is 0 Å². The molecule has 6 rings (SSSR count). The monoisotopic (exact) mass is 411 g/mol. The van der Waals surface area contributed by atoms with Gasteiger partial charge in [-0.1, -0.05) is 23.4 Å². The highest BCUT2D eigenvalue weighted by molar-refractivity contribution is 5.71. The maximum absolute atomic E-state index is 12.7. The molecule has 3 aromatic heterocycles. The van der Waals surface area contributed by atoms with Crippen molar-refractivity contribution in [3.63, 3.8) is 0 Å². The van der Waals surface area contributed by atoms with Crippen molar-refractivity contribution in [3.8, 4) is 6.07 Å². The molecule has 0 radical (unpaired) electrons. The summed E-state index contributed by atoms with van der Waals surface area (Å²) < 4.78 is 8.54. The first-order chi connectivity index (χ1) is 15.1. The number of aryl methyl sites for hydroxylation is 1. The third kappa shape index (κ3) is 2.79. The maximum Gasteiger partial charge on any atom is 0.280 e. The summed E-state index contributed by atoms with van der Waals surface area (Å²) in [6.07, 6.45) is 6.28. The van der Waals surface area contributed by atoms with Crippen molar-refractivity contribution in [2.75, 3.05) is 0 Å². The van der Waals surface area contributed by atoms with Crippen LogP contribution in [0.2, 0.25) is 0 Å². The minimum Gasteiger partial charge on any atom is -0.337 e. The predicted molar refractivity (Wildman–Crippen MR) is 110 cm³/mol. The van der Waals surface area contributed by atoms with Crippen molar-refractivity contribution >= 4 is 16.7 Å². The number of allylic oxidation sites excluding steroid dienone is 2. The Morgan fingerprint density at radius 3 is 2.77 bits per heavy atom. The molecule has 4 aromatic rings. The van der Waals surface area contributed by atoms with E-state index in [1.54, 1.807) is 17.9 Å². The lowest BCUT2D eigenvalue weighted by atomic mass is 10.00. The van der Waals surface area contributed by atoms with Crippen molar-refractivity contribution in [3.05, 3.63) is 76.2 Å². The molecule has 1 aromatic carbocycles. The van der Waals surface area contributed by atoms with Crippen LogP contribution in [0, 0.1) is 23.2 Å². The van der Waals surface area contributed by atoms with Gasteiger partial charge in [-0.15, -0.1) is 0 Å². The Bertz CT molecular complexity index is 1450. The molecule has 9 nitrogen and oxygen atoms in total. The first kappa shape index (κ1) is 17.8. The number of imidazole rings is 1. The fourth-order valence-corrected chi connectivity index (χ4v) is 4.58. The van der Waals surface area contributed by atoms with Gasteiger partial charge in [0.05, 0.1) is 18.0 Å². The van der Waals surface area contributed by atoms with E-state index in [2.05, 4.69) is 32.3 Å². The summed E-state index contributed by atoms with van der Waals surface area (Å²) in [5, 5.41) is 13.1. The van der Waals surface area contributed by atoms with E-state index < -0.39 is 0 Å². The number of hydrogen-bond acceptors (Lipinski definition) is 7. The zero-order valence-corrected chi connectivity index (χ0v) is 16.6. The Morgan fingerprint density at radius 2 is 2.03 bits per heavy atom. The molecule has 0 spiro atoms. The highest BCUT2D eigenvalue weighted by atomic mass is 16.5. The van der Waals surface area contributed by atoms with Gasteiger partial charge in [0.15, 0.2) is 17.0 Å². The standard InChI is InChI=1S/C22H17N7O2/c1-28-10-24-21-19(28)22(30)29(11-25-21)9-17-26-20(27-31-17)18-15-6-14(7-16(15)18)13-4-2-12(8-23)3-5-13/h2-6,10-11,15-16,18H,7,9H2,1H3/t15-,16+,18+/m1/s1. The number of nitrogens with zero attached hydrogens (tertiary/aromatic N) is 7. The van der Waals surface area contributed by atoms with E-state index >= 15 is 0 Å². The first-order valence-corrected chi connectivity index (χ1v) is 10.0. The summed E-state index contributed by atoms with van der Waals surface area (Å²) in [5.41, 5.74) is 3.81. The molecule has 0 bridgehead atoms. The summed E-state index contributed by atoms with van der Waals surface area (Å²) in [6.45, 7) is 0.175. The SMILES string of the molecule is Cn1cnc2ncn(Cc3nc([C@H]4[C@@H]5C=C(c6ccc(C#N)cc6)C[C@@H]54)no3)c(=O)c21. The van der Waals surface area contributed by atoms with Gasteiger partial charge in [-0.3, -0.25) is 9.36 Å². The number of aromatic nitrogens is 6. The molecule has 2 aliphatic rings. The zero-order valence-electron chi connectivity index (χ0n) is 16.6. The second kappa shape index (κ2) is 6.47. The Kier molecular flexibility index (Phi) is 3.71. The zero-order chi connectivity index (χ0) is 21.1. The molecular weight excluding hydrogens is 394 g/mol. The van der Waals surface area contributed by atoms with E-state index in [4.69, 9.17) is 9.78 Å². The second-order valence-electron chi connectivity index (χ2n) is 8.10. The quantitative estimate of drug-likeness (QED) is 0.506. The summed E-state index contributed by atoms with van der Waals surface area (Å²) in [5.74, 6) is 2.23. The molecule has 1 saturated carbocycles. The third-order valence-corrected chi connectivity index (χ3v) is 6.25. The Labute approximate surface area is 176 Å². The van der Waals surface area contributed by atoms with Gasteiger partial charge in [-0.05, 0) is 41.5 Å². The van der Waals surface area contributed by atoms with E-state index in [9.17, 15) is 4.79 Å². The van der Waals surface area contributed by atoms with E-state index in [1.165, 1.54) is 16.5 Å². The van der Waals surface area contributed by atoms with Crippen LogP contribution < -0.4 is 5.56 Å². The van der Waals surface area contributed by atoms with E-state index in [-0.39, 0.29) is 18.0 Å². The number of hydrogen-bond donors (Lipinski definition) is 0. The molecule has 3 atom stereocenters. The fourth-order valence-electron chi connectivity index (χ4n) is 4.58. The van der Waals surface area contributed by atoms with Crippen LogP contribution in [0.5, 0.6) is 0 Å². The summed E-state index contributed by atoms with van der Waals surface area (Å²) in [4.78, 5) is 25.6. The molecule has 2 aliphatic carbocycles. The van der Waals surface area contributed by atoms with Crippen molar-refractivity contribution in [2.24, 2.45) is 18.9 Å². The van der Waals surface area contributed by atoms with Crippen LogP contribution in [-0.2, 0) is 13.6 Å². The normalized spacial score (nSPS) is 21.7. The number of benzene rings is 1. The molecule has 9 heteroatoms. The topological polar surface area (TPSA) is 115 Å². The second-order valence-corrected chi connectivity index (χ2v) is 8.10. The fraction of sp³-hybridized carbons (Fsp3) is 0.273. The number of nitriles is 1. The van der Waals surface area contributed by atoms with Crippen molar-refractivity contribution in [1.82, 2.24) is 29.2 Å². The Hall–Kier alpha value is -4.06. The van der Waals surface area contributed by atoms with Crippen LogP contribution >= 0.6 is 0 Å². The number of fused-ring (bicyclic) bond motifs is 2. The first-order valence-electron chi connectivity index (χ1n) is 10.0. The van der Waals surface area contributed by atoms with E-state index in [1.807, 2.05) is 24.3 Å². The maximum atomic E-state index is 12.7. The lowest BCUT2D eigenvalue weighted by molar-refractivity contribution is 0.364. The van der Waals surface area contributed by atoms with E-state index in [0.29, 0.717) is 40.3 Å². The summed E-state index contributed by atoms with van der Waals surface area (Å²) in [6, 6.07) is 9.85. The minimum absolute atomic E-state index is 0.175. The molecule has 1 fully saturated rings. The molecular formula is C22H17N7O2. The number of rotatable bonds is 4. The Morgan fingerprint density at radius 1 is 1.23 bits per heavy atom. The van der Waals surface area contributed by atoms with Crippen LogP contribution in [0.25, 0.3) is 16.7 Å². The van der Waals surface area contributed by atoms with Crippen molar-refractivity contribution in [1.29, 1.82) is 5.26 Å². The van der Waals surface area contributed by atoms with Crippen LogP contribution in [-0.4, -0.2) is 29.2 Å². The molecule has 0 saturated heterocycles. The molecule has 0 amide bonds. The van der Waals surface area contributed by atoms with Gasteiger partial charge < -0.3 is 9.09 Å². The third-order valence-electron chi connectivity index (χ3n) is 6.25. The highest BCUT2D eigenvalue weighted by Crippen LogP contribution is 2.62. The molecule has 0 N–H and O–H groups in total. The largest absolute Gasteiger partial charge is 0.337 e. The van der Waals surface area contributed by atoms with Gasteiger partial charge in [0.25, 0.3) is 5.56 Å². The van der Waals surface area contributed by atoms with Gasteiger partial charge in [0, 0.05) is 13.0 Å². The van der Waals surface area contributed by atoms with Gasteiger partial charge in [-0.2, -0.15) is 10.2 Å². The predicted octanol–water partition coefficient (Wildman–Crippen LogP) is 2.25. The lowest BCUT2D eigenvalue weighted by Crippen LogP contribution is -2.22. The van der Waals surface area contributed by atoms with E-state index in [0.717, 1.165) is 12.0 Å². The average molecular weight is 411 g/mol. The lowest BCUT2D eigenvalue weighted by Gasteiger charge is -2.05.